The highest BCUT2D eigenvalue weighted by molar-refractivity contribution is 5.79. The van der Waals surface area contributed by atoms with E-state index < -0.39 is 0 Å². The zero-order valence-corrected chi connectivity index (χ0v) is 12.2. The van der Waals surface area contributed by atoms with Crippen LogP contribution in [0.1, 0.15) is 16.8 Å². The number of hydrogen-bond acceptors (Lipinski definition) is 2. The summed E-state index contributed by atoms with van der Waals surface area (Å²) < 4.78 is 0. The number of hydrogen-bond donors (Lipinski definition) is 2. The van der Waals surface area contributed by atoms with Crippen molar-refractivity contribution >= 4 is 16.6 Å². The number of aromatic amines is 1. The van der Waals surface area contributed by atoms with Gasteiger partial charge in [-0.05, 0) is 38.1 Å². The summed E-state index contributed by atoms with van der Waals surface area (Å²) in [7, 11) is 0. The van der Waals surface area contributed by atoms with E-state index in [-0.39, 0.29) is 5.43 Å². The number of aryl methyl sites for hydroxylation is 2. The molecule has 0 unspecified atom stereocenters. The number of para-hydroxylation sites is 1. The van der Waals surface area contributed by atoms with Crippen molar-refractivity contribution in [1.82, 2.24) is 4.98 Å². The van der Waals surface area contributed by atoms with Crippen LogP contribution < -0.4 is 10.7 Å². The van der Waals surface area contributed by atoms with E-state index >= 15 is 0 Å². The number of H-pyrrole nitrogens is 1. The highest BCUT2D eigenvalue weighted by Gasteiger charge is 2.08. The Balaban J connectivity index is 1.93. The molecule has 0 aliphatic heterocycles. The van der Waals surface area contributed by atoms with E-state index in [0.717, 1.165) is 27.8 Å². The first kappa shape index (κ1) is 13.4. The quantitative estimate of drug-likeness (QED) is 0.766. The molecule has 3 heteroatoms. The van der Waals surface area contributed by atoms with Gasteiger partial charge in [0.1, 0.15) is 0 Å². The molecule has 0 radical (unpaired) electrons. The molecule has 0 amide bonds. The summed E-state index contributed by atoms with van der Waals surface area (Å²) in [6.07, 6.45) is 0. The van der Waals surface area contributed by atoms with Gasteiger partial charge in [0.05, 0.1) is 0 Å². The molecule has 21 heavy (non-hydrogen) atoms. The zero-order valence-electron chi connectivity index (χ0n) is 12.2. The molecule has 2 N–H and O–H groups in total. The average molecular weight is 278 g/mol. The van der Waals surface area contributed by atoms with Crippen LogP contribution in [0.3, 0.4) is 0 Å². The van der Waals surface area contributed by atoms with Gasteiger partial charge in [0, 0.05) is 34.4 Å². The molecule has 0 spiro atoms. The number of rotatable bonds is 3. The highest BCUT2D eigenvalue weighted by Crippen LogP contribution is 2.13. The third kappa shape index (κ3) is 2.68. The van der Waals surface area contributed by atoms with E-state index in [1.54, 1.807) is 0 Å². The molecular weight excluding hydrogens is 260 g/mol. The van der Waals surface area contributed by atoms with Gasteiger partial charge >= 0.3 is 0 Å². The van der Waals surface area contributed by atoms with Gasteiger partial charge in [0.25, 0.3) is 0 Å². The number of pyridine rings is 1. The van der Waals surface area contributed by atoms with Crippen LogP contribution in [0.25, 0.3) is 10.9 Å². The fourth-order valence-corrected chi connectivity index (χ4v) is 2.48. The SMILES string of the molecule is Cc1ccc(NCc2c(C)[nH]c3ccccc3c2=O)cc1. The largest absolute Gasteiger partial charge is 0.381 e. The molecule has 0 saturated carbocycles. The third-order valence-corrected chi connectivity index (χ3v) is 3.74. The molecule has 1 heterocycles. The lowest BCUT2D eigenvalue weighted by Gasteiger charge is -2.10. The van der Waals surface area contributed by atoms with Crippen molar-refractivity contribution < 1.29 is 0 Å². The summed E-state index contributed by atoms with van der Waals surface area (Å²) in [4.78, 5) is 15.9. The van der Waals surface area contributed by atoms with Gasteiger partial charge in [-0.15, -0.1) is 0 Å². The molecule has 3 aromatic rings. The molecule has 0 atom stereocenters. The molecule has 3 rings (SSSR count). The molecule has 0 fully saturated rings. The van der Waals surface area contributed by atoms with Crippen LogP contribution in [0.4, 0.5) is 5.69 Å². The lowest BCUT2D eigenvalue weighted by molar-refractivity contribution is 1.06. The van der Waals surface area contributed by atoms with Gasteiger partial charge in [-0.2, -0.15) is 0 Å². The smallest absolute Gasteiger partial charge is 0.194 e. The summed E-state index contributed by atoms with van der Waals surface area (Å²) >= 11 is 0. The second kappa shape index (κ2) is 5.44. The first-order chi connectivity index (χ1) is 10.1. The Bertz CT molecular complexity index is 832. The second-order valence-electron chi connectivity index (χ2n) is 5.32. The standard InChI is InChI=1S/C18H18N2O/c1-12-7-9-14(10-8-12)19-11-16-13(2)20-17-6-4-3-5-15(17)18(16)21/h3-10,19H,11H2,1-2H3,(H,20,21). The Labute approximate surface area is 123 Å². The van der Waals surface area contributed by atoms with Crippen molar-refractivity contribution in [2.24, 2.45) is 0 Å². The van der Waals surface area contributed by atoms with Crippen LogP contribution in [0.2, 0.25) is 0 Å². The molecule has 0 aliphatic rings. The number of fused-ring (bicyclic) bond motifs is 1. The molecule has 106 valence electrons. The fourth-order valence-electron chi connectivity index (χ4n) is 2.48. The molecule has 2 aromatic carbocycles. The Kier molecular flexibility index (Phi) is 3.48. The Morgan fingerprint density at radius 1 is 1.00 bits per heavy atom. The van der Waals surface area contributed by atoms with E-state index in [9.17, 15) is 4.79 Å². The molecule has 0 bridgehead atoms. The predicted octanol–water partition coefficient (Wildman–Crippen LogP) is 3.76. The lowest BCUT2D eigenvalue weighted by atomic mass is 10.1. The van der Waals surface area contributed by atoms with E-state index in [0.29, 0.717) is 6.54 Å². The van der Waals surface area contributed by atoms with Gasteiger partial charge in [-0.25, -0.2) is 0 Å². The first-order valence-electron chi connectivity index (χ1n) is 7.06. The summed E-state index contributed by atoms with van der Waals surface area (Å²) in [5.74, 6) is 0. The molecule has 0 aliphatic carbocycles. The highest BCUT2D eigenvalue weighted by atomic mass is 16.1. The Morgan fingerprint density at radius 3 is 2.48 bits per heavy atom. The van der Waals surface area contributed by atoms with Crippen molar-refractivity contribution in [3.8, 4) is 0 Å². The number of anilines is 1. The van der Waals surface area contributed by atoms with Crippen molar-refractivity contribution in [1.29, 1.82) is 0 Å². The minimum absolute atomic E-state index is 0.0986. The minimum atomic E-state index is 0.0986. The summed E-state index contributed by atoms with van der Waals surface area (Å²) in [5.41, 5.74) is 4.93. The van der Waals surface area contributed by atoms with Crippen LogP contribution in [0.15, 0.2) is 53.3 Å². The van der Waals surface area contributed by atoms with E-state index in [4.69, 9.17) is 0 Å². The van der Waals surface area contributed by atoms with Crippen LogP contribution in [-0.2, 0) is 6.54 Å². The van der Waals surface area contributed by atoms with Crippen LogP contribution in [-0.4, -0.2) is 4.98 Å². The van der Waals surface area contributed by atoms with Crippen molar-refractivity contribution in [3.05, 3.63) is 75.6 Å². The molecular formula is C18H18N2O. The number of aromatic nitrogens is 1. The van der Waals surface area contributed by atoms with Gasteiger partial charge in [-0.3, -0.25) is 4.79 Å². The van der Waals surface area contributed by atoms with Crippen molar-refractivity contribution in [2.45, 2.75) is 20.4 Å². The van der Waals surface area contributed by atoms with E-state index in [1.165, 1.54) is 5.56 Å². The molecule has 1 aromatic heterocycles. The summed E-state index contributed by atoms with van der Waals surface area (Å²) in [5, 5.41) is 4.05. The Morgan fingerprint density at radius 2 is 1.71 bits per heavy atom. The molecule has 3 nitrogen and oxygen atoms in total. The predicted molar refractivity (Wildman–Crippen MR) is 87.8 cm³/mol. The first-order valence-corrected chi connectivity index (χ1v) is 7.06. The second-order valence-corrected chi connectivity index (χ2v) is 5.32. The van der Waals surface area contributed by atoms with Crippen LogP contribution in [0, 0.1) is 13.8 Å². The summed E-state index contributed by atoms with van der Waals surface area (Å²) in [6, 6.07) is 15.8. The number of nitrogens with one attached hydrogen (secondary N) is 2. The monoisotopic (exact) mass is 278 g/mol. The average Bonchev–Trinajstić information content (AvgIpc) is 2.49. The molecule has 0 saturated heterocycles. The normalized spacial score (nSPS) is 10.8. The van der Waals surface area contributed by atoms with Gasteiger partial charge in [0.15, 0.2) is 5.43 Å². The maximum Gasteiger partial charge on any atom is 0.194 e. The maximum atomic E-state index is 12.6. The summed E-state index contributed by atoms with van der Waals surface area (Å²) in [6.45, 7) is 4.52. The number of benzene rings is 2. The minimum Gasteiger partial charge on any atom is -0.381 e. The van der Waals surface area contributed by atoms with Crippen molar-refractivity contribution in [2.75, 3.05) is 5.32 Å². The van der Waals surface area contributed by atoms with E-state index in [2.05, 4.69) is 29.4 Å². The van der Waals surface area contributed by atoms with Crippen LogP contribution >= 0.6 is 0 Å². The zero-order chi connectivity index (χ0) is 14.8. The van der Waals surface area contributed by atoms with Crippen LogP contribution in [0.5, 0.6) is 0 Å². The third-order valence-electron chi connectivity index (χ3n) is 3.74. The van der Waals surface area contributed by atoms with Gasteiger partial charge in [-0.1, -0.05) is 29.8 Å². The lowest BCUT2D eigenvalue weighted by Crippen LogP contribution is -2.16. The van der Waals surface area contributed by atoms with Gasteiger partial charge < -0.3 is 10.3 Å². The topological polar surface area (TPSA) is 44.9 Å². The Hall–Kier alpha value is -2.55. The van der Waals surface area contributed by atoms with Crippen molar-refractivity contribution in [3.63, 3.8) is 0 Å². The fraction of sp³-hybridized carbons (Fsp3) is 0.167. The van der Waals surface area contributed by atoms with E-state index in [1.807, 2.05) is 43.3 Å². The van der Waals surface area contributed by atoms with Gasteiger partial charge in [0.2, 0.25) is 0 Å². The maximum absolute atomic E-state index is 12.6.